The van der Waals surface area contributed by atoms with Crippen molar-refractivity contribution in [1.82, 2.24) is 15.1 Å². The summed E-state index contributed by atoms with van der Waals surface area (Å²) in [6.07, 6.45) is 3.72. The van der Waals surface area contributed by atoms with Crippen LogP contribution in [0, 0.1) is 0 Å². The lowest BCUT2D eigenvalue weighted by Crippen LogP contribution is -2.28. The van der Waals surface area contributed by atoms with Crippen molar-refractivity contribution in [3.63, 3.8) is 0 Å². The Balaban J connectivity index is 1.79. The Kier molecular flexibility index (Phi) is 3.55. The number of nitrogens with zero attached hydrogens (tertiary/aromatic N) is 2. The van der Waals surface area contributed by atoms with Crippen molar-refractivity contribution in [2.75, 3.05) is 0 Å². The molecule has 26 heavy (non-hydrogen) atoms. The number of hydrogen-bond donors (Lipinski definition) is 1. The highest BCUT2D eigenvalue weighted by Gasteiger charge is 2.48. The number of hydrogen-bond acceptors (Lipinski definition) is 5. The van der Waals surface area contributed by atoms with Crippen molar-refractivity contribution in [1.29, 1.82) is 0 Å². The molecule has 4 rings (SSSR count). The van der Waals surface area contributed by atoms with E-state index in [4.69, 9.17) is 0 Å². The van der Waals surface area contributed by atoms with E-state index >= 15 is 0 Å². The first-order valence-corrected chi connectivity index (χ1v) is 9.08. The van der Waals surface area contributed by atoms with E-state index in [1.54, 1.807) is 16.9 Å². The fourth-order valence-electron chi connectivity index (χ4n) is 2.78. The van der Waals surface area contributed by atoms with Gasteiger partial charge in [0.2, 0.25) is 0 Å². The van der Waals surface area contributed by atoms with Gasteiger partial charge in [-0.05, 0) is 36.6 Å². The van der Waals surface area contributed by atoms with Gasteiger partial charge in [0.25, 0.3) is 5.91 Å². The van der Waals surface area contributed by atoms with Crippen molar-refractivity contribution < 1.29 is 30.6 Å². The molecule has 138 valence electrons. The third-order valence-corrected chi connectivity index (χ3v) is 5.17. The highest BCUT2D eigenvalue weighted by Crippen LogP contribution is 2.38. The second kappa shape index (κ2) is 5.47. The van der Waals surface area contributed by atoms with E-state index in [0.29, 0.717) is 22.9 Å². The Hall–Kier alpha value is -2.56. The number of halogens is 3. The fourth-order valence-corrected chi connectivity index (χ4v) is 3.22. The van der Waals surface area contributed by atoms with E-state index in [2.05, 4.69) is 14.6 Å². The van der Waals surface area contributed by atoms with Crippen molar-refractivity contribution in [3.8, 4) is 17.0 Å². The molecular weight excluding hydrogens is 375 g/mol. The molecule has 1 N–H and O–H groups in total. The summed E-state index contributed by atoms with van der Waals surface area (Å²) in [6, 6.07) is 4.10. The van der Waals surface area contributed by atoms with Crippen molar-refractivity contribution >= 4 is 16.0 Å². The quantitative estimate of drug-likeness (QED) is 0.643. The molecule has 1 fully saturated rings. The number of rotatable bonds is 4. The zero-order chi connectivity index (χ0) is 18.7. The van der Waals surface area contributed by atoms with Gasteiger partial charge in [-0.25, -0.2) is 0 Å². The molecule has 0 saturated heterocycles. The SMILES string of the molecule is O=C1NCc2c1cc(OS(=O)(=O)C(F)(F)F)cc2-c1ccn(C2CC2)n1. The molecule has 1 aliphatic heterocycles. The molecule has 0 radical (unpaired) electrons. The molecule has 0 spiro atoms. The molecule has 11 heteroatoms. The van der Waals surface area contributed by atoms with E-state index in [-0.39, 0.29) is 12.1 Å². The molecule has 0 atom stereocenters. The number of carbonyl (C=O) groups excluding carboxylic acids is 1. The number of fused-ring (bicyclic) bond motifs is 1. The zero-order valence-corrected chi connectivity index (χ0v) is 13.9. The van der Waals surface area contributed by atoms with Crippen molar-refractivity contribution in [2.24, 2.45) is 0 Å². The molecule has 1 aromatic carbocycles. The maximum absolute atomic E-state index is 12.6. The van der Waals surface area contributed by atoms with Crippen molar-refractivity contribution in [2.45, 2.75) is 30.9 Å². The Morgan fingerprint density at radius 1 is 1.23 bits per heavy atom. The van der Waals surface area contributed by atoms with Crippen LogP contribution in [0.5, 0.6) is 5.75 Å². The smallest absolute Gasteiger partial charge is 0.376 e. The van der Waals surface area contributed by atoms with E-state index < -0.39 is 27.3 Å². The highest BCUT2D eigenvalue weighted by molar-refractivity contribution is 7.88. The molecule has 1 aliphatic carbocycles. The average molecular weight is 387 g/mol. The van der Waals surface area contributed by atoms with Gasteiger partial charge in [-0.3, -0.25) is 9.48 Å². The second-order valence-corrected chi connectivity index (χ2v) is 7.61. The largest absolute Gasteiger partial charge is 0.534 e. The van der Waals surface area contributed by atoms with Crippen LogP contribution >= 0.6 is 0 Å². The number of carbonyl (C=O) groups is 1. The Labute approximate surface area is 145 Å². The third-order valence-electron chi connectivity index (χ3n) is 4.19. The first kappa shape index (κ1) is 16.9. The van der Waals surface area contributed by atoms with Crippen LogP contribution < -0.4 is 9.50 Å². The van der Waals surface area contributed by atoms with Gasteiger partial charge < -0.3 is 9.50 Å². The van der Waals surface area contributed by atoms with Crippen molar-refractivity contribution in [3.05, 3.63) is 35.5 Å². The lowest BCUT2D eigenvalue weighted by Gasteiger charge is -2.12. The van der Waals surface area contributed by atoms with Crippen LogP contribution in [-0.4, -0.2) is 29.6 Å². The number of benzene rings is 1. The van der Waals surface area contributed by atoms with E-state index in [0.717, 1.165) is 25.0 Å². The monoisotopic (exact) mass is 387 g/mol. The topological polar surface area (TPSA) is 90.3 Å². The van der Waals surface area contributed by atoms with Gasteiger partial charge in [-0.1, -0.05) is 0 Å². The predicted octanol–water partition coefficient (Wildman–Crippen LogP) is 2.36. The van der Waals surface area contributed by atoms with Crippen LogP contribution in [0.3, 0.4) is 0 Å². The van der Waals surface area contributed by atoms with Gasteiger partial charge in [-0.15, -0.1) is 0 Å². The first-order valence-electron chi connectivity index (χ1n) is 7.67. The third kappa shape index (κ3) is 2.81. The molecule has 2 heterocycles. The van der Waals surface area contributed by atoms with Gasteiger partial charge in [0, 0.05) is 23.9 Å². The van der Waals surface area contributed by atoms with Gasteiger partial charge >= 0.3 is 15.6 Å². The van der Waals surface area contributed by atoms with E-state index in [1.165, 1.54) is 0 Å². The van der Waals surface area contributed by atoms with Crippen LogP contribution in [0.1, 0.15) is 34.8 Å². The summed E-state index contributed by atoms with van der Waals surface area (Å²) in [6.45, 7) is 0.173. The molecule has 1 amide bonds. The van der Waals surface area contributed by atoms with E-state index in [1.807, 2.05) is 0 Å². The summed E-state index contributed by atoms with van der Waals surface area (Å²) in [5, 5.41) is 6.94. The summed E-state index contributed by atoms with van der Waals surface area (Å²) in [7, 11) is -5.84. The van der Waals surface area contributed by atoms with Crippen LogP contribution in [0.2, 0.25) is 0 Å². The molecule has 0 bridgehead atoms. The number of amides is 1. The van der Waals surface area contributed by atoms with Crippen LogP contribution in [0.25, 0.3) is 11.3 Å². The first-order chi connectivity index (χ1) is 12.2. The minimum absolute atomic E-state index is 0.0656. The summed E-state index contributed by atoms with van der Waals surface area (Å²) in [5.74, 6) is -1.10. The van der Waals surface area contributed by atoms with E-state index in [9.17, 15) is 26.4 Å². The molecule has 1 saturated carbocycles. The minimum Gasteiger partial charge on any atom is -0.376 e. The maximum atomic E-state index is 12.6. The minimum atomic E-state index is -5.84. The molecule has 7 nitrogen and oxygen atoms in total. The lowest BCUT2D eigenvalue weighted by atomic mass is 10.0. The molecule has 2 aromatic rings. The van der Waals surface area contributed by atoms with Crippen LogP contribution in [-0.2, 0) is 16.7 Å². The predicted molar refractivity (Wildman–Crippen MR) is 82.7 cm³/mol. The fraction of sp³-hybridized carbons (Fsp3) is 0.333. The summed E-state index contributed by atoms with van der Waals surface area (Å²) < 4.78 is 66.3. The van der Waals surface area contributed by atoms with Gasteiger partial charge in [0.05, 0.1) is 11.7 Å². The molecular formula is C15H12F3N3O4S. The molecule has 0 unspecified atom stereocenters. The Morgan fingerprint density at radius 2 is 1.92 bits per heavy atom. The summed E-state index contributed by atoms with van der Waals surface area (Å²) in [5.41, 5.74) is -4.18. The standard InChI is InChI=1S/C15H12F3N3O4S/c16-15(17,18)26(23,24)25-9-5-10(12-7-19-14(22)11(12)6-9)13-3-4-21(20-13)8-1-2-8/h3-6,8H,1-2,7H2,(H,19,22). The average Bonchev–Trinajstić information content (AvgIpc) is 3.16. The normalized spacial score (nSPS) is 17.1. The van der Waals surface area contributed by atoms with Crippen LogP contribution in [0.4, 0.5) is 13.2 Å². The second-order valence-electron chi connectivity index (χ2n) is 6.07. The van der Waals surface area contributed by atoms with Gasteiger partial charge in [0.1, 0.15) is 5.75 Å². The lowest BCUT2D eigenvalue weighted by molar-refractivity contribution is -0.0500. The zero-order valence-electron chi connectivity index (χ0n) is 13.1. The maximum Gasteiger partial charge on any atom is 0.534 e. The van der Waals surface area contributed by atoms with Crippen LogP contribution in [0.15, 0.2) is 24.4 Å². The Morgan fingerprint density at radius 3 is 2.58 bits per heavy atom. The Bertz CT molecular complexity index is 1010. The number of aromatic nitrogens is 2. The molecule has 1 aromatic heterocycles. The van der Waals surface area contributed by atoms with Gasteiger partial charge in [0.15, 0.2) is 0 Å². The summed E-state index contributed by atoms with van der Waals surface area (Å²) >= 11 is 0. The number of alkyl halides is 3. The summed E-state index contributed by atoms with van der Waals surface area (Å²) in [4.78, 5) is 11.9. The highest BCUT2D eigenvalue weighted by atomic mass is 32.2. The van der Waals surface area contributed by atoms with Gasteiger partial charge in [-0.2, -0.15) is 26.7 Å². The number of nitrogens with one attached hydrogen (secondary N) is 1. The molecule has 2 aliphatic rings.